The third kappa shape index (κ3) is 4.71. The molecule has 2 aliphatic rings. The lowest BCUT2D eigenvalue weighted by Gasteiger charge is -2.28. The molecule has 1 heterocycles. The van der Waals surface area contributed by atoms with Gasteiger partial charge in [0.15, 0.2) is 0 Å². The van der Waals surface area contributed by atoms with Gasteiger partial charge in [0.05, 0.1) is 0 Å². The van der Waals surface area contributed by atoms with Crippen LogP contribution in [-0.4, -0.2) is 30.4 Å². The van der Waals surface area contributed by atoms with Gasteiger partial charge in [-0.15, -0.1) is 12.4 Å². The molecular formula is C18H26ClN3O2. The molecule has 1 aromatic rings. The molecule has 3 rings (SSSR count). The second kappa shape index (κ2) is 7.99. The maximum absolute atomic E-state index is 12.4. The average Bonchev–Trinajstić information content (AvgIpc) is 3.25. The Balaban J connectivity index is 0.00000208. The molecule has 0 spiro atoms. The Labute approximate surface area is 149 Å². The van der Waals surface area contributed by atoms with Crippen molar-refractivity contribution < 1.29 is 9.59 Å². The summed E-state index contributed by atoms with van der Waals surface area (Å²) in [5.41, 5.74) is 1.29. The minimum Gasteiger partial charge on any atom is -0.349 e. The van der Waals surface area contributed by atoms with Crippen LogP contribution in [0.1, 0.15) is 43.5 Å². The summed E-state index contributed by atoms with van der Waals surface area (Å²) in [6.07, 6.45) is 2.85. The molecule has 0 bridgehead atoms. The van der Waals surface area contributed by atoms with Gasteiger partial charge >= 0.3 is 0 Å². The Morgan fingerprint density at radius 3 is 2.62 bits per heavy atom. The maximum atomic E-state index is 12.4. The van der Waals surface area contributed by atoms with E-state index in [1.165, 1.54) is 0 Å². The van der Waals surface area contributed by atoms with E-state index < -0.39 is 0 Å². The summed E-state index contributed by atoms with van der Waals surface area (Å²) in [6, 6.07) is 7.82. The predicted molar refractivity (Wildman–Crippen MR) is 97.5 cm³/mol. The van der Waals surface area contributed by atoms with Gasteiger partial charge in [0.25, 0.3) is 5.91 Å². The SMILES string of the molecule is CC1CC(NC(=O)c2cccc(NC(=O)C3CC3C)c2)CCN1.Cl. The number of benzene rings is 1. The smallest absolute Gasteiger partial charge is 0.251 e. The van der Waals surface area contributed by atoms with Gasteiger partial charge in [-0.05, 0) is 56.8 Å². The molecule has 0 aromatic heterocycles. The Morgan fingerprint density at radius 2 is 1.96 bits per heavy atom. The fourth-order valence-electron chi connectivity index (χ4n) is 3.19. The van der Waals surface area contributed by atoms with Crippen molar-refractivity contribution in [1.29, 1.82) is 0 Å². The fraction of sp³-hybridized carbons (Fsp3) is 0.556. The Morgan fingerprint density at radius 1 is 1.21 bits per heavy atom. The maximum Gasteiger partial charge on any atom is 0.251 e. The molecule has 0 radical (unpaired) electrons. The van der Waals surface area contributed by atoms with E-state index in [4.69, 9.17) is 0 Å². The number of piperidine rings is 1. The predicted octanol–water partition coefficient (Wildman–Crippen LogP) is 2.57. The molecule has 1 aromatic carbocycles. The molecule has 1 aliphatic carbocycles. The van der Waals surface area contributed by atoms with Crippen molar-refractivity contribution in [3.8, 4) is 0 Å². The highest BCUT2D eigenvalue weighted by molar-refractivity contribution is 5.98. The number of rotatable bonds is 4. The number of anilines is 1. The van der Waals surface area contributed by atoms with Crippen LogP contribution in [0.3, 0.4) is 0 Å². The van der Waals surface area contributed by atoms with Crippen molar-refractivity contribution in [2.75, 3.05) is 11.9 Å². The van der Waals surface area contributed by atoms with Crippen LogP contribution in [-0.2, 0) is 4.79 Å². The monoisotopic (exact) mass is 351 g/mol. The van der Waals surface area contributed by atoms with Crippen LogP contribution in [0, 0.1) is 11.8 Å². The van der Waals surface area contributed by atoms with Gasteiger partial charge in [0.1, 0.15) is 0 Å². The molecule has 1 saturated carbocycles. The van der Waals surface area contributed by atoms with Gasteiger partial charge in [-0.1, -0.05) is 13.0 Å². The summed E-state index contributed by atoms with van der Waals surface area (Å²) in [4.78, 5) is 24.4. The third-order valence-electron chi connectivity index (χ3n) is 4.80. The van der Waals surface area contributed by atoms with Crippen LogP contribution < -0.4 is 16.0 Å². The summed E-state index contributed by atoms with van der Waals surface area (Å²) < 4.78 is 0. The van der Waals surface area contributed by atoms with Gasteiger partial charge in [-0.25, -0.2) is 0 Å². The first-order chi connectivity index (χ1) is 11.0. The van der Waals surface area contributed by atoms with Gasteiger partial charge < -0.3 is 16.0 Å². The molecular weight excluding hydrogens is 326 g/mol. The fourth-order valence-corrected chi connectivity index (χ4v) is 3.19. The van der Waals surface area contributed by atoms with Crippen LogP contribution in [0.5, 0.6) is 0 Å². The summed E-state index contributed by atoms with van der Waals surface area (Å²) in [5, 5.41) is 9.38. The van der Waals surface area contributed by atoms with E-state index in [0.29, 0.717) is 23.2 Å². The number of carbonyl (C=O) groups is 2. The molecule has 6 heteroatoms. The molecule has 3 N–H and O–H groups in total. The molecule has 1 aliphatic heterocycles. The lowest BCUT2D eigenvalue weighted by molar-refractivity contribution is -0.117. The number of nitrogens with one attached hydrogen (secondary N) is 3. The summed E-state index contributed by atoms with van der Waals surface area (Å²) >= 11 is 0. The molecule has 24 heavy (non-hydrogen) atoms. The molecule has 2 fully saturated rings. The topological polar surface area (TPSA) is 70.2 Å². The number of hydrogen-bond acceptors (Lipinski definition) is 3. The zero-order chi connectivity index (χ0) is 16.4. The molecule has 2 amide bonds. The number of hydrogen-bond donors (Lipinski definition) is 3. The summed E-state index contributed by atoms with van der Waals surface area (Å²) in [7, 11) is 0. The molecule has 5 nitrogen and oxygen atoms in total. The van der Waals surface area contributed by atoms with Crippen molar-refractivity contribution in [2.45, 2.75) is 45.2 Å². The first kappa shape index (κ1) is 18.7. The van der Waals surface area contributed by atoms with Crippen LogP contribution in [0.25, 0.3) is 0 Å². The van der Waals surface area contributed by atoms with Crippen molar-refractivity contribution in [1.82, 2.24) is 10.6 Å². The Hall–Kier alpha value is -1.59. The molecule has 4 unspecified atom stereocenters. The van der Waals surface area contributed by atoms with Crippen LogP contribution >= 0.6 is 12.4 Å². The van der Waals surface area contributed by atoms with Crippen molar-refractivity contribution >= 4 is 29.9 Å². The zero-order valence-corrected chi connectivity index (χ0v) is 15.0. The third-order valence-corrected chi connectivity index (χ3v) is 4.80. The second-order valence-corrected chi connectivity index (χ2v) is 6.94. The largest absolute Gasteiger partial charge is 0.349 e. The van der Waals surface area contributed by atoms with Crippen LogP contribution in [0.4, 0.5) is 5.69 Å². The molecule has 132 valence electrons. The summed E-state index contributed by atoms with van der Waals surface area (Å²) in [5.74, 6) is 0.592. The van der Waals surface area contributed by atoms with E-state index >= 15 is 0 Å². The normalized spacial score (nSPS) is 28.4. The number of carbonyl (C=O) groups excluding carboxylic acids is 2. The lowest BCUT2D eigenvalue weighted by atomic mass is 10.00. The highest BCUT2D eigenvalue weighted by atomic mass is 35.5. The molecule has 1 saturated heterocycles. The van der Waals surface area contributed by atoms with Gasteiger partial charge in [0, 0.05) is 29.3 Å². The van der Waals surface area contributed by atoms with Crippen LogP contribution in [0.2, 0.25) is 0 Å². The minimum atomic E-state index is -0.0695. The van der Waals surface area contributed by atoms with E-state index in [9.17, 15) is 9.59 Å². The number of halogens is 1. The van der Waals surface area contributed by atoms with Crippen molar-refractivity contribution in [2.24, 2.45) is 11.8 Å². The van der Waals surface area contributed by atoms with Crippen molar-refractivity contribution in [3.05, 3.63) is 29.8 Å². The van der Waals surface area contributed by atoms with E-state index in [1.807, 2.05) is 12.1 Å². The first-order valence-corrected chi connectivity index (χ1v) is 8.48. The van der Waals surface area contributed by atoms with Gasteiger partial charge in [-0.2, -0.15) is 0 Å². The minimum absolute atomic E-state index is 0. The standard InChI is InChI=1S/C18H25N3O2.ClH/c1-11-8-16(11)18(23)21-14-5-3-4-13(10-14)17(22)20-15-6-7-19-12(2)9-15;/h3-5,10-12,15-16,19H,6-9H2,1-2H3,(H,20,22)(H,21,23);1H. The average molecular weight is 352 g/mol. The summed E-state index contributed by atoms with van der Waals surface area (Å²) in [6.45, 7) is 5.14. The second-order valence-electron chi connectivity index (χ2n) is 6.94. The van der Waals surface area contributed by atoms with Crippen LogP contribution in [0.15, 0.2) is 24.3 Å². The Bertz CT molecular complexity index is 608. The number of amides is 2. The van der Waals surface area contributed by atoms with E-state index in [0.717, 1.165) is 25.8 Å². The van der Waals surface area contributed by atoms with E-state index in [-0.39, 0.29) is 36.2 Å². The highest BCUT2D eigenvalue weighted by Gasteiger charge is 2.39. The lowest BCUT2D eigenvalue weighted by Crippen LogP contribution is -2.46. The van der Waals surface area contributed by atoms with Crippen molar-refractivity contribution in [3.63, 3.8) is 0 Å². The van der Waals surface area contributed by atoms with E-state index in [2.05, 4.69) is 29.8 Å². The van der Waals surface area contributed by atoms with E-state index in [1.54, 1.807) is 12.1 Å². The molecule has 4 atom stereocenters. The van der Waals surface area contributed by atoms with Gasteiger partial charge in [-0.3, -0.25) is 9.59 Å². The van der Waals surface area contributed by atoms with Gasteiger partial charge in [0.2, 0.25) is 5.91 Å². The zero-order valence-electron chi connectivity index (χ0n) is 14.2. The quantitative estimate of drug-likeness (QED) is 0.780. The first-order valence-electron chi connectivity index (χ1n) is 8.48. The highest BCUT2D eigenvalue weighted by Crippen LogP contribution is 2.38. The Kier molecular flexibility index (Phi) is 6.24.